The van der Waals surface area contributed by atoms with Crippen LogP contribution in [0, 0.1) is 11.2 Å². The number of morpholine rings is 1. The number of aromatic nitrogens is 2. The average molecular weight is 438 g/mol. The van der Waals surface area contributed by atoms with Crippen molar-refractivity contribution in [2.45, 2.75) is 26.7 Å². The van der Waals surface area contributed by atoms with Crippen LogP contribution in [0.1, 0.15) is 36.3 Å². The Morgan fingerprint density at radius 1 is 1.16 bits per heavy atom. The molecule has 0 bridgehead atoms. The van der Waals surface area contributed by atoms with Crippen LogP contribution in [-0.2, 0) is 11.2 Å². The van der Waals surface area contributed by atoms with Gasteiger partial charge in [-0.2, -0.15) is 0 Å². The summed E-state index contributed by atoms with van der Waals surface area (Å²) in [7, 11) is 0. The predicted octanol–water partition coefficient (Wildman–Crippen LogP) is 5.00. The molecule has 1 aliphatic carbocycles. The van der Waals surface area contributed by atoms with Crippen LogP contribution in [0.5, 0.6) is 0 Å². The van der Waals surface area contributed by atoms with Crippen molar-refractivity contribution in [3.8, 4) is 21.1 Å². The lowest BCUT2D eigenvalue weighted by Crippen LogP contribution is -2.36. The molecular weight excluding hydrogens is 413 g/mol. The minimum absolute atomic E-state index is 0.156. The Balaban J connectivity index is 1.45. The molecule has 2 aromatic heterocycles. The van der Waals surface area contributed by atoms with Gasteiger partial charge in [-0.1, -0.05) is 13.8 Å². The second-order valence-electron chi connectivity index (χ2n) is 8.73. The molecule has 3 aromatic rings. The molecule has 31 heavy (non-hydrogen) atoms. The third-order valence-electron chi connectivity index (χ3n) is 6.09. The van der Waals surface area contributed by atoms with Crippen LogP contribution in [0.4, 0.5) is 10.1 Å². The molecule has 0 atom stereocenters. The second kappa shape index (κ2) is 7.80. The summed E-state index contributed by atoms with van der Waals surface area (Å²) in [5.41, 5.74) is 3.66. The number of benzene rings is 1. The average Bonchev–Trinajstić information content (AvgIpc) is 3.27. The van der Waals surface area contributed by atoms with Gasteiger partial charge in [0.25, 0.3) is 0 Å². The monoisotopic (exact) mass is 437 g/mol. The van der Waals surface area contributed by atoms with Gasteiger partial charge in [0.05, 0.1) is 29.5 Å². The molecule has 1 aliphatic heterocycles. The van der Waals surface area contributed by atoms with E-state index in [1.165, 1.54) is 11.3 Å². The van der Waals surface area contributed by atoms with E-state index in [0.717, 1.165) is 64.0 Å². The minimum atomic E-state index is -0.333. The fourth-order valence-electron chi connectivity index (χ4n) is 4.17. The molecule has 0 N–H and O–H groups in total. The van der Waals surface area contributed by atoms with Gasteiger partial charge < -0.3 is 9.64 Å². The van der Waals surface area contributed by atoms with E-state index in [1.54, 1.807) is 18.3 Å². The smallest absolute Gasteiger partial charge is 0.170 e. The van der Waals surface area contributed by atoms with Crippen LogP contribution in [0.3, 0.4) is 0 Å². The third-order valence-corrected chi connectivity index (χ3v) is 7.16. The lowest BCUT2D eigenvalue weighted by Gasteiger charge is -2.29. The number of pyridine rings is 1. The molecule has 7 heteroatoms. The van der Waals surface area contributed by atoms with Gasteiger partial charge in [-0.25, -0.2) is 14.4 Å². The lowest BCUT2D eigenvalue weighted by atomic mass is 9.75. The first kappa shape index (κ1) is 20.3. The highest BCUT2D eigenvalue weighted by Gasteiger charge is 2.35. The highest BCUT2D eigenvalue weighted by atomic mass is 32.1. The van der Waals surface area contributed by atoms with E-state index < -0.39 is 0 Å². The van der Waals surface area contributed by atoms with Crippen molar-refractivity contribution in [1.29, 1.82) is 0 Å². The van der Waals surface area contributed by atoms with Crippen molar-refractivity contribution in [1.82, 2.24) is 9.97 Å². The van der Waals surface area contributed by atoms with Gasteiger partial charge in [-0.15, -0.1) is 11.3 Å². The van der Waals surface area contributed by atoms with Crippen LogP contribution in [-0.4, -0.2) is 42.1 Å². The molecule has 160 valence electrons. The number of rotatable bonds is 3. The molecule has 0 amide bonds. The number of ether oxygens (including phenoxy) is 1. The Bertz CT molecular complexity index is 1150. The van der Waals surface area contributed by atoms with Crippen LogP contribution < -0.4 is 4.90 Å². The summed E-state index contributed by atoms with van der Waals surface area (Å²) in [5, 5.41) is 0.771. The lowest BCUT2D eigenvalue weighted by molar-refractivity contribution is 0.0809. The summed E-state index contributed by atoms with van der Waals surface area (Å²) < 4.78 is 19.8. The van der Waals surface area contributed by atoms with E-state index in [2.05, 4.69) is 9.88 Å². The van der Waals surface area contributed by atoms with Gasteiger partial charge in [0, 0.05) is 36.0 Å². The van der Waals surface area contributed by atoms with Crippen molar-refractivity contribution in [3.05, 3.63) is 53.6 Å². The Labute approximate surface area is 184 Å². The molecule has 5 nitrogen and oxygen atoms in total. The molecule has 5 rings (SSSR count). The maximum atomic E-state index is 14.4. The molecule has 1 aromatic carbocycles. The zero-order valence-electron chi connectivity index (χ0n) is 17.7. The summed E-state index contributed by atoms with van der Waals surface area (Å²) in [6.45, 7) is 6.80. The normalized spacial score (nSPS) is 18.2. The number of thiazole rings is 1. The fourth-order valence-corrected chi connectivity index (χ4v) is 5.05. The molecule has 0 saturated carbocycles. The number of fused-ring (bicyclic) bond motifs is 1. The van der Waals surface area contributed by atoms with Crippen LogP contribution in [0.25, 0.3) is 21.1 Å². The quantitative estimate of drug-likeness (QED) is 0.577. The Morgan fingerprint density at radius 3 is 2.77 bits per heavy atom. The van der Waals surface area contributed by atoms with Crippen LogP contribution >= 0.6 is 11.3 Å². The maximum absolute atomic E-state index is 14.4. The van der Waals surface area contributed by atoms with Gasteiger partial charge in [0.2, 0.25) is 0 Å². The number of hydrogen-bond donors (Lipinski definition) is 0. The predicted molar refractivity (Wildman–Crippen MR) is 120 cm³/mol. The van der Waals surface area contributed by atoms with Crippen LogP contribution in [0.15, 0.2) is 36.5 Å². The van der Waals surface area contributed by atoms with Gasteiger partial charge in [0.1, 0.15) is 10.8 Å². The Hall–Kier alpha value is -2.64. The van der Waals surface area contributed by atoms with Gasteiger partial charge in [-0.05, 0) is 48.7 Å². The summed E-state index contributed by atoms with van der Waals surface area (Å²) in [4.78, 5) is 25.0. The highest BCUT2D eigenvalue weighted by molar-refractivity contribution is 7.18. The standard InChI is InChI=1S/C24H24FN3O2S/c1-24(2)6-5-19-18(22(24)29)3-4-20(27-19)23-26-14-21(31-23)15-11-16(25)13-17(12-15)28-7-9-30-10-8-28/h3-4,11-14H,5-10H2,1-2H3. The van der Waals surface area contributed by atoms with E-state index in [1.807, 2.05) is 32.0 Å². The molecule has 2 aliphatic rings. The zero-order chi connectivity index (χ0) is 21.6. The van der Waals surface area contributed by atoms with E-state index in [0.29, 0.717) is 13.2 Å². The highest BCUT2D eigenvalue weighted by Crippen LogP contribution is 2.37. The Morgan fingerprint density at radius 2 is 1.97 bits per heavy atom. The number of Topliss-reactive ketones (excluding diaryl/α,β-unsaturated/α-hetero) is 1. The van der Waals surface area contributed by atoms with Crippen molar-refractivity contribution >= 4 is 22.8 Å². The molecular formula is C24H24FN3O2S. The summed E-state index contributed by atoms with van der Waals surface area (Å²) >= 11 is 1.49. The van der Waals surface area contributed by atoms with E-state index in [4.69, 9.17) is 9.72 Å². The van der Waals surface area contributed by atoms with Crippen molar-refractivity contribution in [2.24, 2.45) is 5.41 Å². The van der Waals surface area contributed by atoms with Crippen LogP contribution in [0.2, 0.25) is 0 Å². The van der Waals surface area contributed by atoms with Gasteiger partial charge in [-0.3, -0.25) is 4.79 Å². The summed E-state index contributed by atoms with van der Waals surface area (Å²) in [6, 6.07) is 8.86. The number of hydrogen-bond acceptors (Lipinski definition) is 6. The number of nitrogens with zero attached hydrogens (tertiary/aromatic N) is 3. The first-order valence-electron chi connectivity index (χ1n) is 10.6. The molecule has 3 heterocycles. The maximum Gasteiger partial charge on any atom is 0.170 e. The van der Waals surface area contributed by atoms with E-state index in [9.17, 15) is 9.18 Å². The van der Waals surface area contributed by atoms with E-state index in [-0.39, 0.29) is 17.0 Å². The molecule has 0 radical (unpaired) electrons. The largest absolute Gasteiger partial charge is 0.378 e. The van der Waals surface area contributed by atoms with Crippen molar-refractivity contribution < 1.29 is 13.9 Å². The topological polar surface area (TPSA) is 55.3 Å². The molecule has 1 fully saturated rings. The van der Waals surface area contributed by atoms with Gasteiger partial charge in [0.15, 0.2) is 5.78 Å². The second-order valence-corrected chi connectivity index (χ2v) is 9.76. The first-order valence-corrected chi connectivity index (χ1v) is 11.4. The number of ketones is 1. The fraction of sp³-hybridized carbons (Fsp3) is 0.375. The minimum Gasteiger partial charge on any atom is -0.378 e. The molecule has 1 saturated heterocycles. The number of halogens is 1. The third kappa shape index (κ3) is 3.88. The van der Waals surface area contributed by atoms with Gasteiger partial charge >= 0.3 is 0 Å². The molecule has 0 spiro atoms. The molecule has 0 unspecified atom stereocenters. The number of carbonyl (C=O) groups is 1. The zero-order valence-corrected chi connectivity index (χ0v) is 18.5. The van der Waals surface area contributed by atoms with Crippen molar-refractivity contribution in [2.75, 3.05) is 31.2 Å². The van der Waals surface area contributed by atoms with Crippen molar-refractivity contribution in [3.63, 3.8) is 0 Å². The first-order chi connectivity index (χ1) is 14.9. The number of carbonyl (C=O) groups excluding carboxylic acids is 1. The Kier molecular flexibility index (Phi) is 5.10. The SMILES string of the molecule is CC1(C)CCc2nc(-c3ncc(-c4cc(F)cc(N5CCOCC5)c4)s3)ccc2C1=O. The number of anilines is 1. The van der Waals surface area contributed by atoms with E-state index >= 15 is 0 Å². The number of aryl methyl sites for hydroxylation is 1. The summed E-state index contributed by atoms with van der Waals surface area (Å²) in [5.74, 6) is -0.106. The summed E-state index contributed by atoms with van der Waals surface area (Å²) in [6.07, 6.45) is 3.35.